The fraction of sp³-hybridized carbons (Fsp3) is 0.261. The first-order valence-electron chi connectivity index (χ1n) is 9.53. The largest absolute Gasteiger partial charge is 0.347 e. The average molecular weight is 407 g/mol. The monoisotopic (exact) mass is 406 g/mol. The van der Waals surface area contributed by atoms with Gasteiger partial charge in [0.2, 0.25) is 0 Å². The second-order valence-electron chi connectivity index (χ2n) is 8.11. The van der Waals surface area contributed by atoms with Gasteiger partial charge in [-0.15, -0.1) is 11.3 Å². The molecule has 1 amide bonds. The van der Waals surface area contributed by atoms with Crippen molar-refractivity contribution in [2.24, 2.45) is 5.41 Å². The van der Waals surface area contributed by atoms with Crippen molar-refractivity contribution in [1.29, 1.82) is 0 Å². The van der Waals surface area contributed by atoms with Crippen molar-refractivity contribution >= 4 is 23.0 Å². The first-order valence-corrected chi connectivity index (χ1v) is 10.4. The maximum absolute atomic E-state index is 13.4. The minimum Gasteiger partial charge on any atom is -0.347 e. The van der Waals surface area contributed by atoms with Crippen LogP contribution in [0.3, 0.4) is 0 Å². The Kier molecular flexibility index (Phi) is 4.96. The average Bonchev–Trinajstić information content (AvgIpc) is 3.19. The molecule has 1 aromatic carbocycles. The van der Waals surface area contributed by atoms with Crippen LogP contribution in [0.2, 0.25) is 0 Å². The maximum atomic E-state index is 13.4. The van der Waals surface area contributed by atoms with Crippen molar-refractivity contribution in [1.82, 2.24) is 9.88 Å². The Hall–Kier alpha value is -2.99. The van der Waals surface area contributed by atoms with Gasteiger partial charge in [0.15, 0.2) is 5.78 Å². The number of hydrogen-bond acceptors (Lipinski definition) is 4. The molecule has 2 heterocycles. The highest BCUT2D eigenvalue weighted by atomic mass is 32.1. The summed E-state index contributed by atoms with van der Waals surface area (Å²) in [5.41, 5.74) is 1.04. The molecule has 2 aromatic heterocycles. The van der Waals surface area contributed by atoms with Gasteiger partial charge < -0.3 is 5.32 Å². The number of benzene rings is 1. The lowest BCUT2D eigenvalue weighted by Gasteiger charge is -2.31. The fourth-order valence-corrected chi connectivity index (χ4v) is 4.47. The van der Waals surface area contributed by atoms with Crippen molar-refractivity contribution in [3.05, 3.63) is 86.0 Å². The van der Waals surface area contributed by atoms with E-state index in [0.717, 1.165) is 4.88 Å². The standard InChI is InChI=1S/C23H22N2O3S/c1-23(2)11-17-18(19(26)12-23)14-25(15-7-4-3-5-8-15)22(28)20(17)21(27)24-13-16-9-6-10-29-16/h3-10,14H,11-13H2,1-2H3,(H,24,27). The Labute approximate surface area is 173 Å². The zero-order valence-corrected chi connectivity index (χ0v) is 17.2. The molecule has 148 valence electrons. The maximum Gasteiger partial charge on any atom is 0.268 e. The Morgan fingerprint density at radius 3 is 2.55 bits per heavy atom. The van der Waals surface area contributed by atoms with Crippen molar-refractivity contribution in [3.8, 4) is 5.69 Å². The molecule has 0 atom stereocenters. The van der Waals surface area contributed by atoms with E-state index in [1.165, 1.54) is 4.57 Å². The van der Waals surface area contributed by atoms with Gasteiger partial charge >= 0.3 is 0 Å². The molecule has 1 aliphatic carbocycles. The van der Waals surface area contributed by atoms with E-state index in [0.29, 0.717) is 36.2 Å². The number of amides is 1. The Balaban J connectivity index is 1.85. The Bertz CT molecular complexity index is 1130. The van der Waals surface area contributed by atoms with Gasteiger partial charge in [-0.2, -0.15) is 0 Å². The summed E-state index contributed by atoms with van der Waals surface area (Å²) < 4.78 is 1.41. The number of aromatic nitrogens is 1. The van der Waals surface area contributed by atoms with E-state index in [1.807, 2.05) is 49.6 Å². The number of carbonyl (C=O) groups excluding carboxylic acids is 2. The Morgan fingerprint density at radius 1 is 1.10 bits per heavy atom. The molecule has 3 aromatic rings. The van der Waals surface area contributed by atoms with Crippen molar-refractivity contribution in [3.63, 3.8) is 0 Å². The van der Waals surface area contributed by atoms with Crippen LogP contribution in [0.4, 0.5) is 0 Å². The summed E-state index contributed by atoms with van der Waals surface area (Å²) in [6.45, 7) is 4.33. The third kappa shape index (κ3) is 3.80. The van der Waals surface area contributed by atoms with Crippen LogP contribution in [0, 0.1) is 5.41 Å². The van der Waals surface area contributed by atoms with Crippen LogP contribution in [0.15, 0.2) is 58.8 Å². The van der Waals surface area contributed by atoms with Crippen LogP contribution in [0.5, 0.6) is 0 Å². The van der Waals surface area contributed by atoms with Gasteiger partial charge in [-0.25, -0.2) is 0 Å². The molecule has 0 saturated heterocycles. The molecule has 29 heavy (non-hydrogen) atoms. The third-order valence-corrected chi connectivity index (χ3v) is 6.05. The van der Waals surface area contributed by atoms with Crippen molar-refractivity contribution in [2.45, 2.75) is 33.2 Å². The molecule has 0 spiro atoms. The second kappa shape index (κ2) is 7.44. The summed E-state index contributed by atoms with van der Waals surface area (Å²) >= 11 is 1.54. The van der Waals surface area contributed by atoms with E-state index < -0.39 is 11.5 Å². The molecule has 0 unspecified atom stereocenters. The minimum absolute atomic E-state index is 0.0340. The van der Waals surface area contributed by atoms with Gasteiger partial charge in [-0.3, -0.25) is 19.0 Å². The van der Waals surface area contributed by atoms with Crippen LogP contribution in [-0.2, 0) is 13.0 Å². The smallest absolute Gasteiger partial charge is 0.268 e. The molecule has 0 radical (unpaired) electrons. The summed E-state index contributed by atoms with van der Waals surface area (Å²) in [7, 11) is 0. The summed E-state index contributed by atoms with van der Waals surface area (Å²) in [5, 5.41) is 4.80. The van der Waals surface area contributed by atoms with E-state index in [4.69, 9.17) is 0 Å². The van der Waals surface area contributed by atoms with E-state index in [-0.39, 0.29) is 16.8 Å². The first-order chi connectivity index (χ1) is 13.9. The number of fused-ring (bicyclic) bond motifs is 1. The highest BCUT2D eigenvalue weighted by molar-refractivity contribution is 7.09. The number of pyridine rings is 1. The molecule has 1 N–H and O–H groups in total. The lowest BCUT2D eigenvalue weighted by molar-refractivity contribution is 0.0909. The van der Waals surface area contributed by atoms with Gasteiger partial charge in [0.05, 0.1) is 6.54 Å². The van der Waals surface area contributed by atoms with Gasteiger partial charge in [-0.1, -0.05) is 38.1 Å². The van der Waals surface area contributed by atoms with Gasteiger partial charge in [0, 0.05) is 28.7 Å². The molecular weight excluding hydrogens is 384 g/mol. The predicted octanol–water partition coefficient (Wildman–Crippen LogP) is 3.98. The SMILES string of the molecule is CC1(C)CC(=O)c2cn(-c3ccccc3)c(=O)c(C(=O)NCc3cccs3)c2C1. The summed E-state index contributed by atoms with van der Waals surface area (Å²) in [6.07, 6.45) is 2.50. The topological polar surface area (TPSA) is 68.2 Å². The number of ketones is 1. The molecule has 6 heteroatoms. The lowest BCUT2D eigenvalue weighted by atomic mass is 9.73. The second-order valence-corrected chi connectivity index (χ2v) is 9.14. The third-order valence-electron chi connectivity index (χ3n) is 5.18. The van der Waals surface area contributed by atoms with Crippen molar-refractivity contribution < 1.29 is 9.59 Å². The Morgan fingerprint density at radius 2 is 1.86 bits per heavy atom. The van der Waals surface area contributed by atoms with E-state index in [9.17, 15) is 14.4 Å². The molecule has 0 fully saturated rings. The van der Waals surface area contributed by atoms with Crippen LogP contribution in [0.1, 0.15) is 51.4 Å². The molecular formula is C23H22N2O3S. The number of carbonyl (C=O) groups is 2. The number of rotatable bonds is 4. The summed E-state index contributed by atoms with van der Waals surface area (Å²) in [6, 6.07) is 12.9. The van der Waals surface area contributed by atoms with E-state index in [2.05, 4.69) is 5.32 Å². The normalized spacial score (nSPS) is 15.0. The van der Waals surface area contributed by atoms with Crippen LogP contribution < -0.4 is 10.9 Å². The molecule has 5 nitrogen and oxygen atoms in total. The molecule has 0 aliphatic heterocycles. The number of nitrogens with zero attached hydrogens (tertiary/aromatic N) is 1. The summed E-state index contributed by atoms with van der Waals surface area (Å²) in [5.74, 6) is -0.469. The van der Waals surface area contributed by atoms with E-state index >= 15 is 0 Å². The first kappa shape index (κ1) is 19.3. The zero-order chi connectivity index (χ0) is 20.6. The van der Waals surface area contributed by atoms with E-state index in [1.54, 1.807) is 29.7 Å². The van der Waals surface area contributed by atoms with Crippen molar-refractivity contribution in [2.75, 3.05) is 0 Å². The van der Waals surface area contributed by atoms with Crippen LogP contribution >= 0.6 is 11.3 Å². The number of thiophene rings is 1. The predicted molar refractivity (Wildman–Crippen MR) is 114 cm³/mol. The number of nitrogens with one attached hydrogen (secondary N) is 1. The molecule has 0 saturated carbocycles. The highest BCUT2D eigenvalue weighted by Crippen LogP contribution is 2.35. The number of Topliss-reactive ketones (excluding diaryl/α,β-unsaturated/α-hetero) is 1. The highest BCUT2D eigenvalue weighted by Gasteiger charge is 2.35. The van der Waals surface area contributed by atoms with Crippen LogP contribution in [0.25, 0.3) is 5.69 Å². The quantitative estimate of drug-likeness (QED) is 0.712. The van der Waals surface area contributed by atoms with Gasteiger partial charge in [0.25, 0.3) is 11.5 Å². The van der Waals surface area contributed by atoms with Gasteiger partial charge in [-0.05, 0) is 41.0 Å². The molecule has 1 aliphatic rings. The van der Waals surface area contributed by atoms with Crippen LogP contribution in [-0.4, -0.2) is 16.3 Å². The molecule has 4 rings (SSSR count). The number of hydrogen-bond donors (Lipinski definition) is 1. The lowest BCUT2D eigenvalue weighted by Crippen LogP contribution is -2.38. The van der Waals surface area contributed by atoms with Gasteiger partial charge in [0.1, 0.15) is 5.56 Å². The number of para-hydroxylation sites is 1. The zero-order valence-electron chi connectivity index (χ0n) is 16.4. The summed E-state index contributed by atoms with van der Waals surface area (Å²) in [4.78, 5) is 40.3. The minimum atomic E-state index is -0.435. The molecule has 0 bridgehead atoms. The fourth-order valence-electron chi connectivity index (χ4n) is 3.83.